The number of piperazine rings is 1. The van der Waals surface area contributed by atoms with Gasteiger partial charge in [-0.15, -0.1) is 0 Å². The first-order chi connectivity index (χ1) is 10.5. The normalized spacial score (nSPS) is 14.6. The summed E-state index contributed by atoms with van der Waals surface area (Å²) in [6, 6.07) is 5.48. The van der Waals surface area contributed by atoms with Crippen LogP contribution in [-0.4, -0.2) is 54.2 Å². The lowest BCUT2D eigenvalue weighted by Crippen LogP contribution is -2.48. The molecule has 1 aliphatic heterocycles. The predicted octanol–water partition coefficient (Wildman–Crippen LogP) is 1.39. The van der Waals surface area contributed by atoms with E-state index in [0.29, 0.717) is 31.9 Å². The second-order valence-corrected chi connectivity index (χ2v) is 6.07. The van der Waals surface area contributed by atoms with Crippen molar-refractivity contribution in [3.05, 3.63) is 28.2 Å². The van der Waals surface area contributed by atoms with Crippen LogP contribution in [-0.2, 0) is 14.4 Å². The van der Waals surface area contributed by atoms with E-state index in [-0.39, 0.29) is 18.2 Å². The number of hydrogen-bond acceptors (Lipinski definition) is 3. The average molecular weight is 368 g/mol. The lowest BCUT2D eigenvalue weighted by molar-refractivity contribution is -0.137. The number of nitrogens with one attached hydrogen (secondary N) is 1. The zero-order valence-electron chi connectivity index (χ0n) is 12.3. The highest BCUT2D eigenvalue weighted by Crippen LogP contribution is 2.20. The Labute approximate surface area is 137 Å². The number of amides is 3. The third kappa shape index (κ3) is 4.30. The average Bonchev–Trinajstić information content (AvgIpc) is 2.51. The van der Waals surface area contributed by atoms with Gasteiger partial charge in [-0.1, -0.05) is 15.9 Å². The number of carbonyl (C=O) groups is 3. The smallest absolute Gasteiger partial charge is 0.233 e. The molecule has 1 aromatic carbocycles. The Morgan fingerprint density at radius 1 is 1.27 bits per heavy atom. The van der Waals surface area contributed by atoms with Gasteiger partial charge in [-0.25, -0.2) is 0 Å². The summed E-state index contributed by atoms with van der Waals surface area (Å²) in [5, 5.41) is 2.73. The van der Waals surface area contributed by atoms with Crippen LogP contribution < -0.4 is 5.32 Å². The molecule has 0 aromatic heterocycles. The molecule has 0 radical (unpaired) electrons. The molecule has 2 rings (SSSR count). The van der Waals surface area contributed by atoms with Crippen molar-refractivity contribution in [2.24, 2.45) is 0 Å². The quantitative estimate of drug-likeness (QED) is 0.645. The maximum atomic E-state index is 12.1. The summed E-state index contributed by atoms with van der Waals surface area (Å²) in [6.45, 7) is 3.91. The second-order valence-electron chi connectivity index (χ2n) is 5.21. The first-order valence-electron chi connectivity index (χ1n) is 7.02. The standard InChI is InChI=1S/C15H18BrN3O3/c1-11-8-12(2-3-13(11)16)17-14(21)9-15(22)19-6-4-18(10-20)5-7-19/h2-3,8,10H,4-7,9H2,1H3,(H,17,21). The van der Waals surface area contributed by atoms with E-state index in [9.17, 15) is 14.4 Å². The largest absolute Gasteiger partial charge is 0.342 e. The Bertz CT molecular complexity index is 583. The summed E-state index contributed by atoms with van der Waals surface area (Å²) in [5.74, 6) is -0.540. The molecule has 0 atom stereocenters. The molecule has 0 bridgehead atoms. The molecule has 1 N–H and O–H groups in total. The number of nitrogens with zero attached hydrogens (tertiary/aromatic N) is 2. The van der Waals surface area contributed by atoms with E-state index >= 15 is 0 Å². The van der Waals surface area contributed by atoms with Gasteiger partial charge in [-0.2, -0.15) is 0 Å². The van der Waals surface area contributed by atoms with E-state index in [2.05, 4.69) is 21.2 Å². The zero-order valence-corrected chi connectivity index (χ0v) is 13.9. The number of rotatable bonds is 4. The van der Waals surface area contributed by atoms with Gasteiger partial charge >= 0.3 is 0 Å². The molecule has 22 heavy (non-hydrogen) atoms. The lowest BCUT2D eigenvalue weighted by atomic mass is 10.2. The van der Waals surface area contributed by atoms with Gasteiger partial charge in [0, 0.05) is 36.3 Å². The Morgan fingerprint density at radius 2 is 1.95 bits per heavy atom. The molecule has 0 unspecified atom stereocenters. The van der Waals surface area contributed by atoms with E-state index in [1.165, 1.54) is 0 Å². The van der Waals surface area contributed by atoms with Crippen molar-refractivity contribution in [2.75, 3.05) is 31.5 Å². The molecule has 1 aliphatic rings. The second kappa shape index (κ2) is 7.40. The number of carbonyl (C=O) groups excluding carboxylic acids is 3. The minimum absolute atomic E-state index is 0.184. The number of hydrogen-bond donors (Lipinski definition) is 1. The molecule has 1 saturated heterocycles. The molecule has 0 aliphatic carbocycles. The van der Waals surface area contributed by atoms with Crippen molar-refractivity contribution < 1.29 is 14.4 Å². The summed E-state index contributed by atoms with van der Waals surface area (Å²) in [4.78, 5) is 37.9. The summed E-state index contributed by atoms with van der Waals surface area (Å²) < 4.78 is 0.967. The van der Waals surface area contributed by atoms with Crippen LogP contribution in [0.3, 0.4) is 0 Å². The van der Waals surface area contributed by atoms with Crippen LogP contribution in [0.15, 0.2) is 22.7 Å². The van der Waals surface area contributed by atoms with E-state index in [1.54, 1.807) is 15.9 Å². The molecule has 1 aromatic rings. The third-order valence-electron chi connectivity index (χ3n) is 3.57. The lowest BCUT2D eigenvalue weighted by Gasteiger charge is -2.32. The molecule has 0 spiro atoms. The Morgan fingerprint density at radius 3 is 2.55 bits per heavy atom. The third-order valence-corrected chi connectivity index (χ3v) is 4.46. The first-order valence-corrected chi connectivity index (χ1v) is 7.82. The zero-order chi connectivity index (χ0) is 16.1. The molecular formula is C15H18BrN3O3. The van der Waals surface area contributed by atoms with Crippen molar-refractivity contribution >= 4 is 39.8 Å². The van der Waals surface area contributed by atoms with Gasteiger partial charge in [0.1, 0.15) is 6.42 Å². The molecular weight excluding hydrogens is 350 g/mol. The molecule has 3 amide bonds. The van der Waals surface area contributed by atoms with E-state index in [0.717, 1.165) is 16.4 Å². The first kappa shape index (κ1) is 16.5. The van der Waals surface area contributed by atoms with Gasteiger partial charge in [0.25, 0.3) is 0 Å². The Hall–Kier alpha value is -1.89. The topological polar surface area (TPSA) is 69.7 Å². The van der Waals surface area contributed by atoms with E-state index in [1.807, 2.05) is 19.1 Å². The van der Waals surface area contributed by atoms with Crippen LogP contribution in [0.5, 0.6) is 0 Å². The number of halogens is 1. The monoisotopic (exact) mass is 367 g/mol. The van der Waals surface area contributed by atoms with E-state index in [4.69, 9.17) is 0 Å². The minimum atomic E-state index is -0.329. The number of benzene rings is 1. The van der Waals surface area contributed by atoms with Crippen molar-refractivity contribution in [1.29, 1.82) is 0 Å². The fourth-order valence-electron chi connectivity index (χ4n) is 2.25. The van der Waals surface area contributed by atoms with Gasteiger partial charge in [-0.05, 0) is 30.7 Å². The van der Waals surface area contributed by atoms with E-state index < -0.39 is 0 Å². The minimum Gasteiger partial charge on any atom is -0.342 e. The summed E-state index contributed by atoms with van der Waals surface area (Å²) in [6.07, 6.45) is 0.598. The van der Waals surface area contributed by atoms with Crippen LogP contribution in [0.4, 0.5) is 5.69 Å². The van der Waals surface area contributed by atoms with Gasteiger partial charge in [0.2, 0.25) is 18.2 Å². The summed E-state index contributed by atoms with van der Waals surface area (Å²) in [5.41, 5.74) is 1.68. The molecule has 7 heteroatoms. The van der Waals surface area contributed by atoms with Crippen molar-refractivity contribution in [3.8, 4) is 0 Å². The Balaban J connectivity index is 1.85. The summed E-state index contributed by atoms with van der Waals surface area (Å²) in [7, 11) is 0. The molecule has 0 saturated carbocycles. The molecule has 1 fully saturated rings. The molecule has 1 heterocycles. The maximum absolute atomic E-state index is 12.1. The number of aryl methyl sites for hydroxylation is 1. The summed E-state index contributed by atoms with van der Waals surface area (Å²) >= 11 is 3.40. The SMILES string of the molecule is Cc1cc(NC(=O)CC(=O)N2CCN(C=O)CC2)ccc1Br. The van der Waals surface area contributed by atoms with Gasteiger partial charge < -0.3 is 15.1 Å². The van der Waals surface area contributed by atoms with Crippen molar-refractivity contribution in [1.82, 2.24) is 9.80 Å². The van der Waals surface area contributed by atoms with Crippen LogP contribution in [0.25, 0.3) is 0 Å². The maximum Gasteiger partial charge on any atom is 0.233 e. The Kier molecular flexibility index (Phi) is 5.54. The van der Waals surface area contributed by atoms with Crippen LogP contribution >= 0.6 is 15.9 Å². The molecule has 6 nitrogen and oxygen atoms in total. The van der Waals surface area contributed by atoms with Crippen molar-refractivity contribution in [3.63, 3.8) is 0 Å². The van der Waals surface area contributed by atoms with Gasteiger partial charge in [0.15, 0.2) is 0 Å². The highest BCUT2D eigenvalue weighted by Gasteiger charge is 2.22. The number of anilines is 1. The highest BCUT2D eigenvalue weighted by atomic mass is 79.9. The predicted molar refractivity (Wildman–Crippen MR) is 86.3 cm³/mol. The van der Waals surface area contributed by atoms with Crippen LogP contribution in [0, 0.1) is 6.92 Å². The van der Waals surface area contributed by atoms with Gasteiger partial charge in [0.05, 0.1) is 0 Å². The fourth-order valence-corrected chi connectivity index (χ4v) is 2.50. The van der Waals surface area contributed by atoms with Crippen LogP contribution in [0.2, 0.25) is 0 Å². The highest BCUT2D eigenvalue weighted by molar-refractivity contribution is 9.10. The molecule has 118 valence electrons. The fraction of sp³-hybridized carbons (Fsp3) is 0.400. The van der Waals surface area contributed by atoms with Crippen molar-refractivity contribution in [2.45, 2.75) is 13.3 Å². The van der Waals surface area contributed by atoms with Gasteiger partial charge in [-0.3, -0.25) is 14.4 Å². The van der Waals surface area contributed by atoms with Crippen LogP contribution in [0.1, 0.15) is 12.0 Å².